The normalized spacial score (nSPS) is 13.2. The molecule has 1 aliphatic carbocycles. The molecule has 7 heteroatoms. The molecule has 0 saturated heterocycles. The second-order valence-electron chi connectivity index (χ2n) is 4.70. The summed E-state index contributed by atoms with van der Waals surface area (Å²) in [6.45, 7) is 0. The van der Waals surface area contributed by atoms with E-state index in [0.717, 1.165) is 29.7 Å². The molecule has 0 aliphatic heterocycles. The fourth-order valence-electron chi connectivity index (χ4n) is 2.42. The largest absolute Gasteiger partial charge is 0.478 e. The minimum atomic E-state index is -0.985. The Hall–Kier alpha value is -2.15. The van der Waals surface area contributed by atoms with Crippen LogP contribution in [0.3, 0.4) is 0 Å². The predicted molar refractivity (Wildman–Crippen MR) is 74.5 cm³/mol. The van der Waals surface area contributed by atoms with Crippen LogP contribution in [0.2, 0.25) is 0 Å². The van der Waals surface area contributed by atoms with Crippen LogP contribution in [-0.2, 0) is 19.9 Å². The Morgan fingerprint density at radius 1 is 1.45 bits per heavy atom. The van der Waals surface area contributed by atoms with Gasteiger partial charge in [-0.15, -0.1) is 11.3 Å². The summed E-state index contributed by atoms with van der Waals surface area (Å²) in [5, 5.41) is 16.4. The third-order valence-electron chi connectivity index (χ3n) is 3.31. The quantitative estimate of drug-likeness (QED) is 0.905. The third-order valence-corrected chi connectivity index (χ3v) is 4.52. The van der Waals surface area contributed by atoms with Crippen molar-refractivity contribution >= 4 is 28.2 Å². The Bertz CT molecular complexity index is 702. The average Bonchev–Trinajstić information content (AvgIpc) is 3.03. The number of aromatic carboxylic acids is 1. The summed E-state index contributed by atoms with van der Waals surface area (Å²) < 4.78 is 1.53. The van der Waals surface area contributed by atoms with E-state index < -0.39 is 5.97 Å². The molecule has 0 spiro atoms. The summed E-state index contributed by atoms with van der Waals surface area (Å²) in [6, 6.07) is 1.59. The van der Waals surface area contributed by atoms with Crippen LogP contribution >= 0.6 is 11.3 Å². The first-order chi connectivity index (χ1) is 9.56. The molecule has 6 nitrogen and oxygen atoms in total. The second-order valence-corrected chi connectivity index (χ2v) is 5.80. The molecule has 1 aliphatic rings. The summed E-state index contributed by atoms with van der Waals surface area (Å²) in [5.41, 5.74) is 1.39. The second kappa shape index (κ2) is 4.75. The topological polar surface area (TPSA) is 84.2 Å². The maximum Gasteiger partial charge on any atom is 0.339 e. The number of carboxylic acid groups (broad SMARTS) is 1. The number of thiophene rings is 1. The number of rotatable bonds is 3. The van der Waals surface area contributed by atoms with Gasteiger partial charge >= 0.3 is 5.97 Å². The Morgan fingerprint density at radius 2 is 2.25 bits per heavy atom. The molecule has 0 bridgehead atoms. The highest BCUT2D eigenvalue weighted by Crippen LogP contribution is 2.39. The van der Waals surface area contributed by atoms with Gasteiger partial charge < -0.3 is 10.4 Å². The molecule has 0 radical (unpaired) electrons. The van der Waals surface area contributed by atoms with E-state index in [0.29, 0.717) is 5.00 Å². The van der Waals surface area contributed by atoms with Gasteiger partial charge in [-0.3, -0.25) is 9.48 Å². The minimum Gasteiger partial charge on any atom is -0.478 e. The highest BCUT2D eigenvalue weighted by molar-refractivity contribution is 7.17. The molecule has 3 rings (SSSR count). The van der Waals surface area contributed by atoms with E-state index >= 15 is 0 Å². The van der Waals surface area contributed by atoms with E-state index in [-0.39, 0.29) is 17.2 Å². The van der Waals surface area contributed by atoms with E-state index in [1.54, 1.807) is 19.3 Å². The van der Waals surface area contributed by atoms with Crippen molar-refractivity contribution in [3.63, 3.8) is 0 Å². The number of amides is 1. The smallest absolute Gasteiger partial charge is 0.339 e. The number of fused-ring (bicyclic) bond motifs is 1. The monoisotopic (exact) mass is 291 g/mol. The SMILES string of the molecule is Cn1ccc(C(=O)Nc2sc3c(c2C(=O)O)CCC3)n1. The van der Waals surface area contributed by atoms with Crippen molar-refractivity contribution in [1.29, 1.82) is 0 Å². The van der Waals surface area contributed by atoms with Gasteiger partial charge in [0.2, 0.25) is 0 Å². The Balaban J connectivity index is 1.91. The minimum absolute atomic E-state index is 0.242. The molecule has 0 aromatic carbocycles. The number of nitrogens with zero attached hydrogens (tertiary/aromatic N) is 2. The highest BCUT2D eigenvalue weighted by Gasteiger charge is 2.27. The molecule has 0 atom stereocenters. The lowest BCUT2D eigenvalue weighted by atomic mass is 10.1. The first-order valence-corrected chi connectivity index (χ1v) is 7.06. The average molecular weight is 291 g/mol. The number of hydrogen-bond donors (Lipinski definition) is 2. The van der Waals surface area contributed by atoms with E-state index in [4.69, 9.17) is 0 Å². The number of anilines is 1. The number of carbonyl (C=O) groups excluding carboxylic acids is 1. The van der Waals surface area contributed by atoms with Crippen LogP contribution in [0.15, 0.2) is 12.3 Å². The molecule has 2 N–H and O–H groups in total. The van der Waals surface area contributed by atoms with Crippen molar-refractivity contribution in [2.75, 3.05) is 5.32 Å². The predicted octanol–water partition coefficient (Wildman–Crippen LogP) is 1.92. The first-order valence-electron chi connectivity index (χ1n) is 6.25. The van der Waals surface area contributed by atoms with Crippen molar-refractivity contribution < 1.29 is 14.7 Å². The van der Waals surface area contributed by atoms with Crippen LogP contribution in [0.25, 0.3) is 0 Å². The van der Waals surface area contributed by atoms with Gasteiger partial charge in [0.25, 0.3) is 5.91 Å². The molecule has 0 unspecified atom stereocenters. The summed E-state index contributed by atoms with van der Waals surface area (Å²) in [4.78, 5) is 24.5. The zero-order valence-corrected chi connectivity index (χ0v) is 11.7. The lowest BCUT2D eigenvalue weighted by molar-refractivity contribution is 0.0697. The third kappa shape index (κ3) is 2.09. The lowest BCUT2D eigenvalue weighted by Crippen LogP contribution is -2.14. The number of nitrogens with one attached hydrogen (secondary N) is 1. The van der Waals surface area contributed by atoms with Gasteiger partial charge in [-0.1, -0.05) is 0 Å². The van der Waals surface area contributed by atoms with Gasteiger partial charge in [0.1, 0.15) is 5.00 Å². The zero-order valence-electron chi connectivity index (χ0n) is 10.8. The fraction of sp³-hybridized carbons (Fsp3) is 0.308. The van der Waals surface area contributed by atoms with E-state index in [1.165, 1.54) is 16.0 Å². The van der Waals surface area contributed by atoms with Crippen LogP contribution < -0.4 is 5.32 Å². The highest BCUT2D eigenvalue weighted by atomic mass is 32.1. The molecular weight excluding hydrogens is 278 g/mol. The number of hydrogen-bond acceptors (Lipinski definition) is 4. The number of aryl methyl sites for hydroxylation is 2. The summed E-state index contributed by atoms with van der Waals surface area (Å²) >= 11 is 1.36. The summed E-state index contributed by atoms with van der Waals surface area (Å²) in [7, 11) is 1.72. The molecule has 1 amide bonds. The number of aromatic nitrogens is 2. The molecule has 20 heavy (non-hydrogen) atoms. The molecule has 104 valence electrons. The summed E-state index contributed by atoms with van der Waals surface area (Å²) in [5.74, 6) is -1.37. The standard InChI is InChI=1S/C13H13N3O3S/c1-16-6-5-8(15-16)11(17)14-12-10(13(18)19)7-3-2-4-9(7)20-12/h5-6H,2-4H2,1H3,(H,14,17)(H,18,19). The molecule has 0 saturated carbocycles. The maximum absolute atomic E-state index is 12.1. The van der Waals surface area contributed by atoms with Gasteiger partial charge in [0.15, 0.2) is 5.69 Å². The van der Waals surface area contributed by atoms with Crippen LogP contribution in [0, 0.1) is 0 Å². The van der Waals surface area contributed by atoms with Gasteiger partial charge in [0.05, 0.1) is 5.56 Å². The van der Waals surface area contributed by atoms with Gasteiger partial charge in [-0.05, 0) is 30.9 Å². The molecule has 2 aromatic heterocycles. The van der Waals surface area contributed by atoms with Crippen LogP contribution in [0.4, 0.5) is 5.00 Å². The summed E-state index contributed by atoms with van der Waals surface area (Å²) in [6.07, 6.45) is 4.31. The van der Waals surface area contributed by atoms with E-state index in [9.17, 15) is 14.7 Å². The fourth-order valence-corrected chi connectivity index (χ4v) is 3.70. The van der Waals surface area contributed by atoms with Crippen molar-refractivity contribution in [2.24, 2.45) is 7.05 Å². The zero-order chi connectivity index (χ0) is 14.3. The molecule has 2 aromatic rings. The van der Waals surface area contributed by atoms with Crippen molar-refractivity contribution in [1.82, 2.24) is 9.78 Å². The van der Waals surface area contributed by atoms with Gasteiger partial charge in [-0.2, -0.15) is 5.10 Å². The maximum atomic E-state index is 12.1. The van der Waals surface area contributed by atoms with Crippen LogP contribution in [0.5, 0.6) is 0 Å². The first kappa shape index (κ1) is 12.9. The van der Waals surface area contributed by atoms with Crippen LogP contribution in [-0.4, -0.2) is 26.8 Å². The van der Waals surface area contributed by atoms with Crippen molar-refractivity contribution in [3.8, 4) is 0 Å². The molecule has 0 fully saturated rings. The van der Waals surface area contributed by atoms with E-state index in [1.807, 2.05) is 0 Å². The Kier molecular flexibility index (Phi) is 3.06. The molecule has 2 heterocycles. The van der Waals surface area contributed by atoms with Crippen LogP contribution in [0.1, 0.15) is 37.7 Å². The van der Waals surface area contributed by atoms with Crippen molar-refractivity contribution in [3.05, 3.63) is 34.0 Å². The van der Waals surface area contributed by atoms with Gasteiger partial charge in [-0.25, -0.2) is 4.79 Å². The Labute approximate surface area is 119 Å². The van der Waals surface area contributed by atoms with Gasteiger partial charge in [0, 0.05) is 18.1 Å². The Morgan fingerprint density at radius 3 is 2.90 bits per heavy atom. The van der Waals surface area contributed by atoms with Crippen molar-refractivity contribution in [2.45, 2.75) is 19.3 Å². The van der Waals surface area contributed by atoms with E-state index in [2.05, 4.69) is 10.4 Å². The number of carbonyl (C=O) groups is 2. The molecular formula is C13H13N3O3S. The lowest BCUT2D eigenvalue weighted by Gasteiger charge is -2.03. The number of carboxylic acids is 1.